The van der Waals surface area contributed by atoms with Crippen LogP contribution in [0, 0.1) is 0 Å². The van der Waals surface area contributed by atoms with Crippen LogP contribution in [0.15, 0.2) is 0 Å². The fourth-order valence-corrected chi connectivity index (χ4v) is 5.25. The first kappa shape index (κ1) is 11.8. The van der Waals surface area contributed by atoms with Crippen LogP contribution in [0.1, 0.15) is 6.42 Å². The second-order valence-electron chi connectivity index (χ2n) is 2.12. The van der Waals surface area contributed by atoms with E-state index in [9.17, 15) is 0 Å². The Kier molecular flexibility index (Phi) is 6.75. The average molecular weight is 241 g/mol. The molecular formula is C6H16GeO3S. The van der Waals surface area contributed by atoms with Gasteiger partial charge in [0, 0.05) is 0 Å². The summed E-state index contributed by atoms with van der Waals surface area (Å²) in [6.07, 6.45) is 0.985. The zero-order valence-corrected chi connectivity index (χ0v) is 10.3. The predicted molar refractivity (Wildman–Crippen MR) is 50.1 cm³/mol. The molecule has 3 nitrogen and oxygen atoms in total. The Labute approximate surface area is 77.2 Å². The summed E-state index contributed by atoms with van der Waals surface area (Å²) in [5.74, 6) is 0.850. The fraction of sp³-hybridized carbons (Fsp3) is 1.00. The van der Waals surface area contributed by atoms with Crippen LogP contribution in [0.4, 0.5) is 0 Å². The molecule has 0 heterocycles. The van der Waals surface area contributed by atoms with Gasteiger partial charge in [-0.3, -0.25) is 0 Å². The number of thiol groups is 1. The molecule has 0 bridgehead atoms. The van der Waals surface area contributed by atoms with Crippen molar-refractivity contribution >= 4 is 26.9 Å². The molecule has 0 unspecified atom stereocenters. The summed E-state index contributed by atoms with van der Waals surface area (Å²) < 4.78 is 15.7. The molecule has 0 amide bonds. The molecule has 0 aliphatic heterocycles. The van der Waals surface area contributed by atoms with Crippen molar-refractivity contribution in [2.75, 3.05) is 27.1 Å². The Morgan fingerprint density at radius 1 is 1.09 bits per heavy atom. The van der Waals surface area contributed by atoms with Gasteiger partial charge in [0.25, 0.3) is 0 Å². The number of hydrogen-bond donors (Lipinski definition) is 1. The Balaban J connectivity index is 3.84. The van der Waals surface area contributed by atoms with Gasteiger partial charge in [-0.25, -0.2) is 0 Å². The first-order chi connectivity index (χ1) is 5.24. The molecule has 68 valence electrons. The Bertz CT molecular complexity index is 89.6. The molecule has 0 aromatic heterocycles. The Morgan fingerprint density at radius 3 is 1.82 bits per heavy atom. The van der Waals surface area contributed by atoms with Gasteiger partial charge in [-0.1, -0.05) is 0 Å². The SMILES string of the molecule is C[O][Ge]([CH2]CCS)([O]C)[O]C. The van der Waals surface area contributed by atoms with Crippen LogP contribution in [0.2, 0.25) is 5.25 Å². The molecule has 11 heavy (non-hydrogen) atoms. The van der Waals surface area contributed by atoms with Crippen LogP contribution in [-0.4, -0.2) is 41.4 Å². The molecule has 5 heteroatoms. The number of rotatable bonds is 6. The van der Waals surface area contributed by atoms with Crippen molar-refractivity contribution in [1.82, 2.24) is 0 Å². The summed E-state index contributed by atoms with van der Waals surface area (Å²) in [6, 6.07) is 0. The molecule has 0 N–H and O–H groups in total. The second kappa shape index (κ2) is 6.31. The van der Waals surface area contributed by atoms with Crippen LogP contribution in [0.25, 0.3) is 0 Å². The van der Waals surface area contributed by atoms with Gasteiger partial charge >= 0.3 is 77.0 Å². The van der Waals surface area contributed by atoms with Crippen LogP contribution >= 0.6 is 12.6 Å². The van der Waals surface area contributed by atoms with Crippen LogP contribution < -0.4 is 0 Å². The topological polar surface area (TPSA) is 27.7 Å². The van der Waals surface area contributed by atoms with Gasteiger partial charge in [0.05, 0.1) is 0 Å². The van der Waals surface area contributed by atoms with Gasteiger partial charge in [-0.2, -0.15) is 0 Å². The van der Waals surface area contributed by atoms with Crippen molar-refractivity contribution < 1.29 is 11.3 Å². The molecule has 0 aromatic carbocycles. The summed E-state index contributed by atoms with van der Waals surface area (Å²) in [6.45, 7) is 0. The maximum absolute atomic E-state index is 5.25. The summed E-state index contributed by atoms with van der Waals surface area (Å²) in [4.78, 5) is 0. The van der Waals surface area contributed by atoms with Gasteiger partial charge in [0.1, 0.15) is 0 Å². The molecule has 0 aliphatic carbocycles. The molecule has 0 radical (unpaired) electrons. The summed E-state index contributed by atoms with van der Waals surface area (Å²) in [5.41, 5.74) is 0. The first-order valence-corrected chi connectivity index (χ1v) is 8.19. The Hall–Kier alpha value is 0.773. The third-order valence-corrected chi connectivity index (χ3v) is 7.83. The van der Waals surface area contributed by atoms with Gasteiger partial charge in [-0.15, -0.1) is 0 Å². The molecule has 0 saturated heterocycles. The van der Waals surface area contributed by atoms with Crippen molar-refractivity contribution in [3.8, 4) is 0 Å². The maximum atomic E-state index is 5.25. The van der Waals surface area contributed by atoms with E-state index in [1.807, 2.05) is 0 Å². The van der Waals surface area contributed by atoms with Crippen molar-refractivity contribution in [2.24, 2.45) is 0 Å². The molecule has 0 fully saturated rings. The zero-order valence-electron chi connectivity index (χ0n) is 7.29. The van der Waals surface area contributed by atoms with E-state index in [4.69, 9.17) is 11.3 Å². The third-order valence-electron chi connectivity index (χ3n) is 1.57. The number of hydrogen-bond acceptors (Lipinski definition) is 4. The molecule has 0 atom stereocenters. The monoisotopic (exact) mass is 242 g/mol. The normalized spacial score (nSPS) is 12.0. The minimum absolute atomic E-state index is 0.850. The van der Waals surface area contributed by atoms with Crippen molar-refractivity contribution in [2.45, 2.75) is 11.7 Å². The third kappa shape index (κ3) is 3.80. The van der Waals surface area contributed by atoms with Crippen molar-refractivity contribution in [1.29, 1.82) is 0 Å². The molecule has 0 aliphatic rings. The van der Waals surface area contributed by atoms with Gasteiger partial charge in [0.2, 0.25) is 0 Å². The molecule has 0 saturated carbocycles. The van der Waals surface area contributed by atoms with E-state index in [2.05, 4.69) is 12.6 Å². The molecule has 0 spiro atoms. The van der Waals surface area contributed by atoms with Crippen molar-refractivity contribution in [3.05, 3.63) is 0 Å². The summed E-state index contributed by atoms with van der Waals surface area (Å²) in [5, 5.41) is 0.882. The predicted octanol–water partition coefficient (Wildman–Crippen LogP) is 1.18. The van der Waals surface area contributed by atoms with E-state index >= 15 is 0 Å². The van der Waals surface area contributed by atoms with E-state index in [1.165, 1.54) is 0 Å². The summed E-state index contributed by atoms with van der Waals surface area (Å²) >= 11 is 1.33. The van der Waals surface area contributed by atoms with E-state index in [-0.39, 0.29) is 0 Å². The fourth-order valence-electron chi connectivity index (χ4n) is 0.852. The van der Waals surface area contributed by atoms with E-state index in [0.29, 0.717) is 0 Å². The van der Waals surface area contributed by atoms with Gasteiger partial charge in [-0.05, 0) is 0 Å². The van der Waals surface area contributed by atoms with Gasteiger partial charge < -0.3 is 0 Å². The van der Waals surface area contributed by atoms with Crippen molar-refractivity contribution in [3.63, 3.8) is 0 Å². The standard InChI is InChI=1S/C6H16GeO3S/c1-8-7(9-2,10-3)5-4-6-11/h11H,4-6H2,1-3H3. The second-order valence-corrected chi connectivity index (χ2v) is 9.05. The van der Waals surface area contributed by atoms with E-state index in [0.717, 1.165) is 17.4 Å². The zero-order chi connectivity index (χ0) is 8.74. The average Bonchev–Trinajstić information content (AvgIpc) is 2.08. The minimum atomic E-state index is -2.78. The first-order valence-electron chi connectivity index (χ1n) is 3.51. The van der Waals surface area contributed by atoms with Crippen LogP contribution in [0.5, 0.6) is 0 Å². The molecular weight excluding hydrogens is 225 g/mol. The molecule has 0 aromatic rings. The van der Waals surface area contributed by atoms with Gasteiger partial charge in [0.15, 0.2) is 0 Å². The van der Waals surface area contributed by atoms with E-state index < -0.39 is 14.3 Å². The Morgan fingerprint density at radius 2 is 1.55 bits per heavy atom. The summed E-state index contributed by atoms with van der Waals surface area (Å²) in [7, 11) is 4.93. The quantitative estimate of drug-likeness (QED) is 0.558. The van der Waals surface area contributed by atoms with E-state index in [1.54, 1.807) is 21.3 Å². The molecule has 0 rings (SSSR count). The van der Waals surface area contributed by atoms with Crippen LogP contribution in [-0.2, 0) is 11.3 Å². The van der Waals surface area contributed by atoms with Crippen LogP contribution in [0.3, 0.4) is 0 Å².